The summed E-state index contributed by atoms with van der Waals surface area (Å²) in [5, 5.41) is 2.63. The van der Waals surface area contributed by atoms with Gasteiger partial charge in [-0.05, 0) is 18.6 Å². The minimum atomic E-state index is -0.829. The average molecular weight is 205 g/mol. The van der Waals surface area contributed by atoms with E-state index in [9.17, 15) is 9.59 Å². The van der Waals surface area contributed by atoms with Crippen LogP contribution in [0.5, 0.6) is 0 Å². The summed E-state index contributed by atoms with van der Waals surface area (Å²) in [6.45, 7) is 1.90. The number of fused-ring (bicyclic) bond motifs is 1. The van der Waals surface area contributed by atoms with Crippen LogP contribution in [0.2, 0.25) is 0 Å². The lowest BCUT2D eigenvalue weighted by Gasteiger charge is -2.06. The third-order valence-electron chi connectivity index (χ3n) is 2.44. The van der Waals surface area contributed by atoms with E-state index in [4.69, 9.17) is 5.84 Å². The number of aryl methyl sites for hydroxylation is 1. The van der Waals surface area contributed by atoms with Crippen molar-refractivity contribution in [3.8, 4) is 0 Å². The number of rotatable bonds is 1. The molecule has 1 aliphatic heterocycles. The van der Waals surface area contributed by atoms with Crippen molar-refractivity contribution in [3.05, 3.63) is 29.3 Å². The van der Waals surface area contributed by atoms with Gasteiger partial charge in [-0.1, -0.05) is 17.7 Å². The van der Waals surface area contributed by atoms with Crippen LogP contribution in [0.3, 0.4) is 0 Å². The SMILES string of the molecule is Cc1ccc2c(c1)C(C(=O)NN)C(=O)N2. The van der Waals surface area contributed by atoms with Gasteiger partial charge in [0.1, 0.15) is 5.92 Å². The van der Waals surface area contributed by atoms with E-state index in [1.807, 2.05) is 24.5 Å². The van der Waals surface area contributed by atoms with Gasteiger partial charge in [0.05, 0.1) is 0 Å². The highest BCUT2D eigenvalue weighted by Gasteiger charge is 2.35. The van der Waals surface area contributed by atoms with Crippen molar-refractivity contribution < 1.29 is 9.59 Å². The van der Waals surface area contributed by atoms with E-state index >= 15 is 0 Å². The van der Waals surface area contributed by atoms with Gasteiger partial charge in [-0.2, -0.15) is 0 Å². The maximum atomic E-state index is 11.5. The van der Waals surface area contributed by atoms with Crippen LogP contribution in [-0.2, 0) is 9.59 Å². The zero-order chi connectivity index (χ0) is 11.0. The predicted molar refractivity (Wildman–Crippen MR) is 54.9 cm³/mol. The topological polar surface area (TPSA) is 84.2 Å². The Morgan fingerprint density at radius 3 is 2.93 bits per heavy atom. The third-order valence-corrected chi connectivity index (χ3v) is 2.44. The molecule has 1 aromatic rings. The van der Waals surface area contributed by atoms with Crippen molar-refractivity contribution in [1.29, 1.82) is 0 Å². The number of carbonyl (C=O) groups excluding carboxylic acids is 2. The van der Waals surface area contributed by atoms with Gasteiger partial charge in [0, 0.05) is 5.69 Å². The predicted octanol–water partition coefficient (Wildman–Crippen LogP) is 0.0206. The van der Waals surface area contributed by atoms with Crippen LogP contribution < -0.4 is 16.6 Å². The largest absolute Gasteiger partial charge is 0.325 e. The van der Waals surface area contributed by atoms with E-state index in [2.05, 4.69) is 5.32 Å². The molecule has 1 aromatic carbocycles. The van der Waals surface area contributed by atoms with Gasteiger partial charge in [-0.25, -0.2) is 5.84 Å². The van der Waals surface area contributed by atoms with E-state index < -0.39 is 11.8 Å². The lowest BCUT2D eigenvalue weighted by Crippen LogP contribution is -2.37. The average Bonchev–Trinajstić information content (AvgIpc) is 2.52. The molecule has 0 fully saturated rings. The van der Waals surface area contributed by atoms with Crippen molar-refractivity contribution in [2.24, 2.45) is 5.84 Å². The van der Waals surface area contributed by atoms with E-state index in [1.54, 1.807) is 6.07 Å². The summed E-state index contributed by atoms with van der Waals surface area (Å²) in [4.78, 5) is 22.9. The first-order valence-electron chi connectivity index (χ1n) is 4.55. The molecule has 1 atom stereocenters. The number of hydrazine groups is 1. The molecule has 0 saturated heterocycles. The van der Waals surface area contributed by atoms with Gasteiger partial charge in [-0.15, -0.1) is 0 Å². The molecule has 15 heavy (non-hydrogen) atoms. The molecule has 1 aliphatic rings. The van der Waals surface area contributed by atoms with Crippen molar-refractivity contribution in [1.82, 2.24) is 5.43 Å². The molecule has 0 spiro atoms. The normalized spacial score (nSPS) is 18.3. The molecule has 0 bridgehead atoms. The number of anilines is 1. The summed E-state index contributed by atoms with van der Waals surface area (Å²) in [7, 11) is 0. The summed E-state index contributed by atoms with van der Waals surface area (Å²) >= 11 is 0. The van der Waals surface area contributed by atoms with E-state index in [1.165, 1.54) is 0 Å². The fraction of sp³-hybridized carbons (Fsp3) is 0.200. The molecule has 0 aromatic heterocycles. The molecule has 5 heteroatoms. The highest BCUT2D eigenvalue weighted by Crippen LogP contribution is 2.32. The molecule has 2 rings (SSSR count). The van der Waals surface area contributed by atoms with Crippen LogP contribution in [0.1, 0.15) is 17.0 Å². The van der Waals surface area contributed by atoms with Crippen LogP contribution >= 0.6 is 0 Å². The van der Waals surface area contributed by atoms with Gasteiger partial charge in [0.2, 0.25) is 5.91 Å². The number of carbonyl (C=O) groups is 2. The second kappa shape index (κ2) is 3.36. The summed E-state index contributed by atoms with van der Waals surface area (Å²) in [6.07, 6.45) is 0. The smallest absolute Gasteiger partial charge is 0.251 e. The summed E-state index contributed by atoms with van der Waals surface area (Å²) in [5.41, 5.74) is 4.36. The second-order valence-electron chi connectivity index (χ2n) is 3.52. The molecule has 0 saturated carbocycles. The van der Waals surface area contributed by atoms with Crippen molar-refractivity contribution in [3.63, 3.8) is 0 Å². The molecule has 0 aliphatic carbocycles. The molecule has 0 radical (unpaired) electrons. The van der Waals surface area contributed by atoms with Crippen LogP contribution in [-0.4, -0.2) is 11.8 Å². The molecule has 78 valence electrons. The number of nitrogens with one attached hydrogen (secondary N) is 2. The minimum absolute atomic E-state index is 0.335. The van der Waals surface area contributed by atoms with Gasteiger partial charge < -0.3 is 5.32 Å². The Kier molecular flexibility index (Phi) is 2.17. The lowest BCUT2D eigenvalue weighted by molar-refractivity contribution is -0.128. The molecule has 5 nitrogen and oxygen atoms in total. The fourth-order valence-corrected chi connectivity index (χ4v) is 1.72. The van der Waals surface area contributed by atoms with Gasteiger partial charge >= 0.3 is 0 Å². The molecule has 1 unspecified atom stereocenters. The van der Waals surface area contributed by atoms with E-state index in [0.29, 0.717) is 11.3 Å². The van der Waals surface area contributed by atoms with Crippen molar-refractivity contribution >= 4 is 17.5 Å². The molecular formula is C10H11N3O2. The summed E-state index contributed by atoms with van der Waals surface area (Å²) in [5.74, 6) is 3.38. The Morgan fingerprint density at radius 2 is 2.27 bits per heavy atom. The zero-order valence-electron chi connectivity index (χ0n) is 8.20. The number of benzene rings is 1. The first-order chi connectivity index (χ1) is 7.13. The maximum Gasteiger partial charge on any atom is 0.251 e. The van der Waals surface area contributed by atoms with Gasteiger partial charge in [0.25, 0.3) is 5.91 Å². The first kappa shape index (κ1) is 9.67. The second-order valence-corrected chi connectivity index (χ2v) is 3.52. The standard InChI is InChI=1S/C10H11N3O2/c1-5-2-3-7-6(4-5)8(9(14)12-7)10(15)13-11/h2-4,8H,11H2,1H3,(H,12,14)(H,13,15). The summed E-state index contributed by atoms with van der Waals surface area (Å²) in [6, 6.07) is 5.47. The fourth-order valence-electron chi connectivity index (χ4n) is 1.72. The molecule has 2 amide bonds. The summed E-state index contributed by atoms with van der Waals surface area (Å²) < 4.78 is 0. The van der Waals surface area contributed by atoms with E-state index in [-0.39, 0.29) is 5.91 Å². The van der Waals surface area contributed by atoms with Crippen LogP contribution in [0.25, 0.3) is 0 Å². The minimum Gasteiger partial charge on any atom is -0.325 e. The van der Waals surface area contributed by atoms with Gasteiger partial charge in [0.15, 0.2) is 0 Å². The van der Waals surface area contributed by atoms with Crippen molar-refractivity contribution in [2.45, 2.75) is 12.8 Å². The third kappa shape index (κ3) is 1.46. The Hall–Kier alpha value is -1.88. The maximum absolute atomic E-state index is 11.5. The van der Waals surface area contributed by atoms with Crippen molar-refractivity contribution in [2.75, 3.05) is 5.32 Å². The van der Waals surface area contributed by atoms with Crippen LogP contribution in [0, 0.1) is 6.92 Å². The quantitative estimate of drug-likeness (QED) is 0.261. The number of amides is 2. The highest BCUT2D eigenvalue weighted by molar-refractivity contribution is 6.16. The lowest BCUT2D eigenvalue weighted by atomic mass is 9.98. The Bertz CT molecular complexity index is 434. The van der Waals surface area contributed by atoms with Crippen LogP contribution in [0.4, 0.5) is 5.69 Å². The van der Waals surface area contributed by atoms with E-state index in [0.717, 1.165) is 5.56 Å². The van der Waals surface area contributed by atoms with Gasteiger partial charge in [-0.3, -0.25) is 15.0 Å². The number of hydrogen-bond acceptors (Lipinski definition) is 3. The van der Waals surface area contributed by atoms with Crippen LogP contribution in [0.15, 0.2) is 18.2 Å². The Balaban J connectivity index is 2.48. The highest BCUT2D eigenvalue weighted by atomic mass is 16.2. The number of hydrogen-bond donors (Lipinski definition) is 3. The Labute approximate surface area is 86.6 Å². The Morgan fingerprint density at radius 1 is 1.53 bits per heavy atom. The monoisotopic (exact) mass is 205 g/mol. The first-order valence-corrected chi connectivity index (χ1v) is 4.55. The number of nitrogens with two attached hydrogens (primary N) is 1. The molecule has 4 N–H and O–H groups in total. The zero-order valence-corrected chi connectivity index (χ0v) is 8.20. The molecular weight excluding hydrogens is 194 g/mol. The molecule has 1 heterocycles.